The van der Waals surface area contributed by atoms with Crippen molar-refractivity contribution in [2.24, 2.45) is 0 Å². The second-order valence-corrected chi connectivity index (χ2v) is 8.67. The van der Waals surface area contributed by atoms with E-state index in [1.807, 2.05) is 74.1 Å². The van der Waals surface area contributed by atoms with Gasteiger partial charge in [0.15, 0.2) is 5.78 Å². The summed E-state index contributed by atoms with van der Waals surface area (Å²) in [6.45, 7) is 6.62. The van der Waals surface area contributed by atoms with Crippen molar-refractivity contribution < 1.29 is 13.9 Å². The highest BCUT2D eigenvalue weighted by atomic mass is 16.5. The number of ketones is 1. The first-order valence-corrected chi connectivity index (χ1v) is 11.2. The van der Waals surface area contributed by atoms with E-state index in [4.69, 9.17) is 9.15 Å². The monoisotopic (exact) mass is 450 g/mol. The van der Waals surface area contributed by atoms with Crippen molar-refractivity contribution in [3.05, 3.63) is 106 Å². The van der Waals surface area contributed by atoms with E-state index in [0.717, 1.165) is 33.2 Å². The minimum absolute atomic E-state index is 0.102. The molecular weight excluding hydrogens is 424 g/mol. The number of carbonyl (C=O) groups excluding carboxylic acids is 1. The number of methoxy groups -OCH3 is 1. The van der Waals surface area contributed by atoms with Crippen LogP contribution < -0.4 is 4.74 Å². The fourth-order valence-corrected chi connectivity index (χ4v) is 4.28. The van der Waals surface area contributed by atoms with Crippen molar-refractivity contribution in [2.45, 2.75) is 27.3 Å². The van der Waals surface area contributed by atoms with Gasteiger partial charge in [0.1, 0.15) is 17.1 Å². The number of hydrogen-bond donors (Lipinski definition) is 0. The Balaban J connectivity index is 1.63. The summed E-state index contributed by atoms with van der Waals surface area (Å²) in [7, 11) is 1.62. The molecular formula is C29H26N2O3. The van der Waals surface area contributed by atoms with Crippen LogP contribution in [0, 0.1) is 20.8 Å². The van der Waals surface area contributed by atoms with Crippen molar-refractivity contribution in [1.29, 1.82) is 0 Å². The first-order valence-electron chi connectivity index (χ1n) is 11.2. The molecule has 3 aromatic carbocycles. The number of rotatable bonds is 6. The average Bonchev–Trinajstić information content (AvgIpc) is 3.45. The Kier molecular flexibility index (Phi) is 5.54. The standard InChI is InChI=1S/C29H26N2O3/c1-18-10-11-24-26(12-18)34-29(23-15-30-31(17-23)16-21-8-6-5-7-9-21)27(24)28(32)22-13-19(2)20(3)25(14-22)33-4/h5-15,17H,16H2,1-4H3. The lowest BCUT2D eigenvalue weighted by atomic mass is 9.95. The Bertz CT molecular complexity index is 1510. The summed E-state index contributed by atoms with van der Waals surface area (Å²) in [5.41, 5.74) is 6.81. The molecule has 0 saturated carbocycles. The molecule has 5 aromatic rings. The van der Waals surface area contributed by atoms with Gasteiger partial charge in [0, 0.05) is 17.1 Å². The third kappa shape index (κ3) is 3.90. The first kappa shape index (κ1) is 21.7. The van der Waals surface area contributed by atoms with Crippen molar-refractivity contribution in [3.8, 4) is 17.1 Å². The molecule has 0 spiro atoms. The topological polar surface area (TPSA) is 57.3 Å². The summed E-state index contributed by atoms with van der Waals surface area (Å²) in [6.07, 6.45) is 3.68. The summed E-state index contributed by atoms with van der Waals surface area (Å²) in [4.78, 5) is 13.9. The van der Waals surface area contributed by atoms with Crippen molar-refractivity contribution in [3.63, 3.8) is 0 Å². The maximum Gasteiger partial charge on any atom is 0.197 e. The van der Waals surface area contributed by atoms with Gasteiger partial charge in [-0.1, -0.05) is 42.5 Å². The molecule has 0 atom stereocenters. The number of furan rings is 1. The third-order valence-electron chi connectivity index (χ3n) is 6.26. The molecule has 0 saturated heterocycles. The van der Waals surface area contributed by atoms with Crippen LogP contribution in [0.15, 0.2) is 77.5 Å². The number of aryl methyl sites for hydroxylation is 2. The molecule has 2 aromatic heterocycles. The molecule has 0 aliphatic heterocycles. The van der Waals surface area contributed by atoms with Gasteiger partial charge in [-0.3, -0.25) is 9.48 Å². The van der Waals surface area contributed by atoms with E-state index in [2.05, 4.69) is 17.2 Å². The zero-order valence-electron chi connectivity index (χ0n) is 19.8. The SMILES string of the molecule is COc1cc(C(=O)c2c(-c3cnn(Cc4ccccc4)c3)oc3cc(C)ccc23)cc(C)c1C. The van der Waals surface area contributed by atoms with Crippen LogP contribution in [0.4, 0.5) is 0 Å². The molecule has 170 valence electrons. The number of benzene rings is 3. The zero-order valence-corrected chi connectivity index (χ0v) is 19.8. The highest BCUT2D eigenvalue weighted by Gasteiger charge is 2.25. The molecule has 0 fully saturated rings. The van der Waals surface area contributed by atoms with E-state index < -0.39 is 0 Å². The normalized spacial score (nSPS) is 11.2. The fourth-order valence-electron chi connectivity index (χ4n) is 4.28. The van der Waals surface area contributed by atoms with E-state index in [-0.39, 0.29) is 5.78 Å². The van der Waals surface area contributed by atoms with Gasteiger partial charge in [0.25, 0.3) is 0 Å². The molecule has 34 heavy (non-hydrogen) atoms. The first-order chi connectivity index (χ1) is 16.4. The molecule has 0 radical (unpaired) electrons. The summed E-state index contributed by atoms with van der Waals surface area (Å²) in [6, 6.07) is 19.8. The minimum Gasteiger partial charge on any atom is -0.496 e. The van der Waals surface area contributed by atoms with Crippen LogP contribution in [0.3, 0.4) is 0 Å². The fraction of sp³-hybridized carbons (Fsp3) is 0.172. The molecule has 2 heterocycles. The van der Waals surface area contributed by atoms with Gasteiger partial charge in [0.05, 0.1) is 31.0 Å². The molecule has 5 rings (SSSR count). The molecule has 0 bridgehead atoms. The Labute approximate surface area is 198 Å². The van der Waals surface area contributed by atoms with Crippen LogP contribution >= 0.6 is 0 Å². The molecule has 0 amide bonds. The van der Waals surface area contributed by atoms with Crippen LogP contribution in [0.2, 0.25) is 0 Å². The number of aromatic nitrogens is 2. The smallest absolute Gasteiger partial charge is 0.197 e. The largest absolute Gasteiger partial charge is 0.496 e. The maximum atomic E-state index is 13.9. The Morgan fingerprint density at radius 3 is 2.59 bits per heavy atom. The van der Waals surface area contributed by atoms with Crippen LogP contribution in [0.25, 0.3) is 22.3 Å². The number of nitrogens with zero attached hydrogens (tertiary/aromatic N) is 2. The highest BCUT2D eigenvalue weighted by molar-refractivity contribution is 6.19. The van der Waals surface area contributed by atoms with Crippen molar-refractivity contribution in [1.82, 2.24) is 9.78 Å². The van der Waals surface area contributed by atoms with Gasteiger partial charge in [-0.15, -0.1) is 0 Å². The quantitative estimate of drug-likeness (QED) is 0.277. The molecule has 5 nitrogen and oxygen atoms in total. The molecule has 0 N–H and O–H groups in total. The van der Waals surface area contributed by atoms with Gasteiger partial charge in [-0.05, 0) is 61.2 Å². The van der Waals surface area contributed by atoms with Gasteiger partial charge in [-0.25, -0.2) is 0 Å². The van der Waals surface area contributed by atoms with Crippen LogP contribution in [-0.2, 0) is 6.54 Å². The van der Waals surface area contributed by atoms with Crippen molar-refractivity contribution >= 4 is 16.8 Å². The van der Waals surface area contributed by atoms with E-state index in [9.17, 15) is 4.79 Å². The van der Waals surface area contributed by atoms with Crippen LogP contribution in [0.5, 0.6) is 5.75 Å². The molecule has 0 aliphatic carbocycles. The predicted molar refractivity (Wildman–Crippen MR) is 134 cm³/mol. The van der Waals surface area contributed by atoms with Crippen LogP contribution in [0.1, 0.15) is 38.2 Å². The Morgan fingerprint density at radius 1 is 1.03 bits per heavy atom. The van der Waals surface area contributed by atoms with Crippen LogP contribution in [-0.4, -0.2) is 22.7 Å². The van der Waals surface area contributed by atoms with E-state index >= 15 is 0 Å². The Morgan fingerprint density at radius 2 is 1.82 bits per heavy atom. The second-order valence-electron chi connectivity index (χ2n) is 8.67. The minimum atomic E-state index is -0.102. The number of hydrogen-bond acceptors (Lipinski definition) is 4. The van der Waals surface area contributed by atoms with Gasteiger partial charge < -0.3 is 9.15 Å². The predicted octanol–water partition coefficient (Wildman–Crippen LogP) is 6.51. The number of carbonyl (C=O) groups is 1. The molecule has 0 aliphatic rings. The van der Waals surface area contributed by atoms with Gasteiger partial charge in [0.2, 0.25) is 0 Å². The van der Waals surface area contributed by atoms with Gasteiger partial charge in [-0.2, -0.15) is 5.10 Å². The summed E-state index contributed by atoms with van der Waals surface area (Å²) in [5.74, 6) is 1.13. The zero-order chi connectivity index (χ0) is 23.8. The second kappa shape index (κ2) is 8.67. The van der Waals surface area contributed by atoms with E-state index in [1.54, 1.807) is 19.4 Å². The van der Waals surface area contributed by atoms with E-state index in [0.29, 0.717) is 34.8 Å². The molecule has 0 unspecified atom stereocenters. The summed E-state index contributed by atoms with van der Waals surface area (Å²) < 4.78 is 13.7. The average molecular weight is 451 g/mol. The number of fused-ring (bicyclic) bond motifs is 1. The number of ether oxygens (including phenoxy) is 1. The summed E-state index contributed by atoms with van der Waals surface area (Å²) >= 11 is 0. The molecule has 5 heteroatoms. The van der Waals surface area contributed by atoms with E-state index in [1.165, 1.54) is 0 Å². The lowest BCUT2D eigenvalue weighted by molar-refractivity contribution is 0.104. The Hall–Kier alpha value is -4.12. The van der Waals surface area contributed by atoms with Crippen molar-refractivity contribution in [2.75, 3.05) is 7.11 Å². The third-order valence-corrected chi connectivity index (χ3v) is 6.26. The lowest BCUT2D eigenvalue weighted by Gasteiger charge is -2.10. The highest BCUT2D eigenvalue weighted by Crippen LogP contribution is 2.36. The maximum absolute atomic E-state index is 13.9. The summed E-state index contributed by atoms with van der Waals surface area (Å²) in [5, 5.41) is 5.32. The van der Waals surface area contributed by atoms with Gasteiger partial charge >= 0.3 is 0 Å². The lowest BCUT2D eigenvalue weighted by Crippen LogP contribution is -2.04.